The van der Waals surface area contributed by atoms with Crippen molar-refractivity contribution >= 4 is 36.2 Å². The first-order chi connectivity index (χ1) is 10.3. The SMILES string of the molecule is C.C.CC.CCC.CCc1ccc(C(C)(C)C)s1.Cc1cccs1.S. The third kappa shape index (κ3) is 19.9. The fraction of sp³-hybridized carbons (Fsp3) is 0.636. The quantitative estimate of drug-likeness (QED) is 0.442. The molecule has 0 nitrogen and oxygen atoms in total. The van der Waals surface area contributed by atoms with Crippen molar-refractivity contribution in [1.29, 1.82) is 0 Å². The normalized spacial score (nSPS) is 8.36. The molecule has 3 heteroatoms. The largest absolute Gasteiger partial charge is 0.197 e. The molecular formula is C22H46S3. The maximum atomic E-state index is 2.26. The lowest BCUT2D eigenvalue weighted by molar-refractivity contribution is 0.604. The van der Waals surface area contributed by atoms with Crippen molar-refractivity contribution in [3.8, 4) is 0 Å². The predicted octanol–water partition coefficient (Wildman–Crippen LogP) is 9.49. The third-order valence-electron chi connectivity index (χ3n) is 2.41. The third-order valence-corrected chi connectivity index (χ3v) is 4.87. The molecule has 152 valence electrons. The van der Waals surface area contributed by atoms with Crippen molar-refractivity contribution in [2.24, 2.45) is 0 Å². The first-order valence-electron chi connectivity index (χ1n) is 8.44. The molecule has 0 bridgehead atoms. The van der Waals surface area contributed by atoms with Gasteiger partial charge in [0.2, 0.25) is 0 Å². The van der Waals surface area contributed by atoms with Crippen LogP contribution in [-0.4, -0.2) is 0 Å². The van der Waals surface area contributed by atoms with E-state index in [1.165, 1.54) is 27.5 Å². The van der Waals surface area contributed by atoms with E-state index in [4.69, 9.17) is 0 Å². The number of hydrogen-bond acceptors (Lipinski definition) is 2. The van der Waals surface area contributed by atoms with Crippen LogP contribution in [-0.2, 0) is 11.8 Å². The van der Waals surface area contributed by atoms with Gasteiger partial charge in [0.15, 0.2) is 0 Å². The highest BCUT2D eigenvalue weighted by atomic mass is 32.1. The van der Waals surface area contributed by atoms with Crippen molar-refractivity contribution in [2.75, 3.05) is 0 Å². The van der Waals surface area contributed by atoms with Gasteiger partial charge in [-0.25, -0.2) is 0 Å². The van der Waals surface area contributed by atoms with Crippen LogP contribution in [0.2, 0.25) is 0 Å². The highest BCUT2D eigenvalue weighted by Gasteiger charge is 2.15. The topological polar surface area (TPSA) is 0 Å². The first kappa shape index (κ1) is 35.8. The Hall–Kier alpha value is -0.250. The minimum Gasteiger partial charge on any atom is -0.197 e. The highest BCUT2D eigenvalue weighted by molar-refractivity contribution is 7.59. The van der Waals surface area contributed by atoms with Gasteiger partial charge in [0.1, 0.15) is 0 Å². The smallest absolute Gasteiger partial charge is 0.0102 e. The second-order valence-corrected chi connectivity index (χ2v) is 8.12. The Morgan fingerprint density at radius 2 is 1.40 bits per heavy atom. The molecule has 25 heavy (non-hydrogen) atoms. The lowest BCUT2D eigenvalue weighted by Crippen LogP contribution is -2.07. The van der Waals surface area contributed by atoms with E-state index < -0.39 is 0 Å². The fourth-order valence-corrected chi connectivity index (χ4v) is 2.87. The molecule has 0 aliphatic rings. The second kappa shape index (κ2) is 21.8. The molecule has 2 aromatic heterocycles. The lowest BCUT2D eigenvalue weighted by Gasteiger charge is -2.15. The zero-order valence-electron chi connectivity index (χ0n) is 16.6. The summed E-state index contributed by atoms with van der Waals surface area (Å²) in [5, 5.41) is 2.08. The van der Waals surface area contributed by atoms with Gasteiger partial charge in [-0.15, -0.1) is 22.7 Å². The van der Waals surface area contributed by atoms with Crippen LogP contribution in [0.4, 0.5) is 0 Å². The molecule has 0 fully saturated rings. The van der Waals surface area contributed by atoms with E-state index in [1.807, 2.05) is 25.2 Å². The van der Waals surface area contributed by atoms with E-state index >= 15 is 0 Å². The van der Waals surface area contributed by atoms with Gasteiger partial charge in [0, 0.05) is 14.6 Å². The summed E-state index contributed by atoms with van der Waals surface area (Å²) in [6, 6.07) is 8.65. The molecule has 0 N–H and O–H groups in total. The van der Waals surface area contributed by atoms with Gasteiger partial charge in [0.05, 0.1) is 0 Å². The van der Waals surface area contributed by atoms with Crippen molar-refractivity contribution < 1.29 is 0 Å². The van der Waals surface area contributed by atoms with Gasteiger partial charge < -0.3 is 0 Å². The van der Waals surface area contributed by atoms with Crippen LogP contribution >= 0.6 is 36.2 Å². The number of aryl methyl sites for hydroxylation is 2. The molecule has 2 heterocycles. The molecule has 0 saturated heterocycles. The zero-order valence-corrected chi connectivity index (χ0v) is 19.3. The molecule has 0 aliphatic carbocycles. The first-order valence-corrected chi connectivity index (χ1v) is 10.1. The average Bonchev–Trinajstić information content (AvgIpc) is 3.12. The number of rotatable bonds is 1. The fourth-order valence-electron chi connectivity index (χ4n) is 1.33. The molecule has 0 atom stereocenters. The van der Waals surface area contributed by atoms with Gasteiger partial charge in [0.25, 0.3) is 0 Å². The Balaban J connectivity index is -0.0000000824. The van der Waals surface area contributed by atoms with Crippen LogP contribution in [0, 0.1) is 6.92 Å². The van der Waals surface area contributed by atoms with Gasteiger partial charge in [-0.3, -0.25) is 0 Å². The molecule has 0 aromatic carbocycles. The molecule has 2 aromatic rings. The van der Waals surface area contributed by atoms with Gasteiger partial charge in [-0.2, -0.15) is 13.5 Å². The lowest BCUT2D eigenvalue weighted by atomic mass is 9.95. The Kier molecular flexibility index (Phi) is 31.2. The van der Waals surface area contributed by atoms with Crippen LogP contribution in [0.25, 0.3) is 0 Å². The molecular weight excluding hydrogens is 360 g/mol. The number of thiophene rings is 2. The van der Waals surface area contributed by atoms with Crippen LogP contribution < -0.4 is 0 Å². The maximum absolute atomic E-state index is 2.26. The summed E-state index contributed by atoms with van der Waals surface area (Å²) < 4.78 is 0. The monoisotopic (exact) mass is 406 g/mol. The summed E-state index contributed by atoms with van der Waals surface area (Å²) >= 11 is 3.72. The Morgan fingerprint density at radius 3 is 1.56 bits per heavy atom. The summed E-state index contributed by atoms with van der Waals surface area (Å²) in [4.78, 5) is 4.37. The van der Waals surface area contributed by atoms with Crippen molar-refractivity contribution in [3.05, 3.63) is 44.3 Å². The minimum atomic E-state index is 0. The van der Waals surface area contributed by atoms with E-state index in [-0.39, 0.29) is 28.3 Å². The zero-order chi connectivity index (χ0) is 17.6. The minimum absolute atomic E-state index is 0. The van der Waals surface area contributed by atoms with Crippen LogP contribution in [0.5, 0.6) is 0 Å². The van der Waals surface area contributed by atoms with E-state index in [0.29, 0.717) is 5.41 Å². The van der Waals surface area contributed by atoms with Crippen LogP contribution in [0.15, 0.2) is 29.6 Å². The average molecular weight is 407 g/mol. The Bertz CT molecular complexity index is 434. The molecule has 0 saturated carbocycles. The number of hydrogen-bond donors (Lipinski definition) is 0. The molecule has 2 rings (SSSR count). The van der Waals surface area contributed by atoms with Gasteiger partial charge in [-0.1, -0.05) is 82.7 Å². The maximum Gasteiger partial charge on any atom is 0.0102 e. The summed E-state index contributed by atoms with van der Waals surface area (Å²) in [7, 11) is 0. The van der Waals surface area contributed by atoms with E-state index in [1.54, 1.807) is 11.3 Å². The van der Waals surface area contributed by atoms with Crippen molar-refractivity contribution in [3.63, 3.8) is 0 Å². The predicted molar refractivity (Wildman–Crippen MR) is 133 cm³/mol. The second-order valence-electron chi connectivity index (χ2n) is 5.80. The Labute approximate surface area is 175 Å². The van der Waals surface area contributed by atoms with Gasteiger partial charge in [-0.05, 0) is 42.3 Å². The molecule has 0 unspecified atom stereocenters. The summed E-state index contributed by atoms with van der Waals surface area (Å²) in [6.07, 6.45) is 2.42. The standard InChI is InChI=1S/C10H16S.C5H6S.C3H8.C2H6.2CH4.H2S/c1-5-8-6-7-9(11-8)10(2,3)4;1-5-3-2-4-6-5;1-3-2;1-2;;;/h6-7H,5H2,1-4H3;2-4H,1H3;3H2,1-2H3;1-2H3;2*1H4;1H2. The van der Waals surface area contributed by atoms with E-state index in [2.05, 4.69) is 78.1 Å². The molecule has 0 radical (unpaired) electrons. The molecule has 0 aliphatic heterocycles. The van der Waals surface area contributed by atoms with E-state index in [0.717, 1.165) is 0 Å². The molecule has 0 spiro atoms. The van der Waals surface area contributed by atoms with Crippen molar-refractivity contribution in [2.45, 2.75) is 95.4 Å². The molecule has 0 amide bonds. The van der Waals surface area contributed by atoms with Crippen LogP contribution in [0.3, 0.4) is 0 Å². The van der Waals surface area contributed by atoms with Gasteiger partial charge >= 0.3 is 0 Å². The Morgan fingerprint density at radius 1 is 0.920 bits per heavy atom. The van der Waals surface area contributed by atoms with E-state index in [9.17, 15) is 0 Å². The summed E-state index contributed by atoms with van der Waals surface area (Å²) in [6.45, 7) is 19.3. The summed E-state index contributed by atoms with van der Waals surface area (Å²) in [5.41, 5.74) is 0.331. The highest BCUT2D eigenvalue weighted by Crippen LogP contribution is 2.29. The van der Waals surface area contributed by atoms with Crippen molar-refractivity contribution in [1.82, 2.24) is 0 Å². The summed E-state index contributed by atoms with van der Waals surface area (Å²) in [5.74, 6) is 0. The van der Waals surface area contributed by atoms with Crippen LogP contribution in [0.1, 0.15) is 91.3 Å².